The van der Waals surface area contributed by atoms with Gasteiger partial charge in [0.15, 0.2) is 5.16 Å². The zero-order chi connectivity index (χ0) is 14.3. The van der Waals surface area contributed by atoms with Crippen molar-refractivity contribution in [2.24, 2.45) is 0 Å². The lowest BCUT2D eigenvalue weighted by molar-refractivity contribution is 0.0473. The molecule has 1 unspecified atom stereocenters. The van der Waals surface area contributed by atoms with Crippen LogP contribution in [-0.2, 0) is 4.74 Å². The number of ether oxygens (including phenoxy) is 1. The maximum Gasteiger partial charge on any atom is 0.222 e. The van der Waals surface area contributed by atoms with Crippen LogP contribution in [-0.4, -0.2) is 44.9 Å². The number of aromatic nitrogens is 3. The summed E-state index contributed by atoms with van der Waals surface area (Å²) in [5.41, 5.74) is 5.75. The molecule has 0 aliphatic carbocycles. The van der Waals surface area contributed by atoms with Gasteiger partial charge >= 0.3 is 0 Å². The van der Waals surface area contributed by atoms with E-state index >= 15 is 0 Å². The number of hydrogen-bond acceptors (Lipinski definition) is 6. The summed E-state index contributed by atoms with van der Waals surface area (Å²) in [7, 11) is 0. The van der Waals surface area contributed by atoms with E-state index in [2.05, 4.69) is 17.1 Å². The summed E-state index contributed by atoms with van der Waals surface area (Å²) in [5, 5.41) is 18.4. The molecule has 1 heterocycles. The van der Waals surface area contributed by atoms with Crippen molar-refractivity contribution in [1.29, 1.82) is 0 Å². The van der Waals surface area contributed by atoms with Gasteiger partial charge in [0.1, 0.15) is 0 Å². The van der Waals surface area contributed by atoms with E-state index < -0.39 is 6.10 Å². The summed E-state index contributed by atoms with van der Waals surface area (Å²) in [4.78, 5) is 0. The van der Waals surface area contributed by atoms with Crippen LogP contribution in [0.3, 0.4) is 0 Å². The third-order valence-corrected chi connectivity index (χ3v) is 3.65. The summed E-state index contributed by atoms with van der Waals surface area (Å²) < 4.78 is 7.23. The standard InChI is InChI=1S/C12H24N4O2S/c1-4-5-6-18-7-10(17)8-19-12-15-14-11(13)16(12)9(2)3/h9-10,17H,4-8H2,1-3H3,(H2,13,14). The molecule has 1 aromatic rings. The van der Waals surface area contributed by atoms with Crippen molar-refractivity contribution in [1.82, 2.24) is 14.8 Å². The molecule has 0 bridgehead atoms. The molecule has 110 valence electrons. The minimum absolute atomic E-state index is 0.204. The predicted molar refractivity (Wildman–Crippen MR) is 77.3 cm³/mol. The third-order valence-electron chi connectivity index (χ3n) is 2.56. The number of aliphatic hydroxyl groups is 1. The minimum Gasteiger partial charge on any atom is -0.390 e. The van der Waals surface area contributed by atoms with Gasteiger partial charge in [-0.3, -0.25) is 4.57 Å². The Labute approximate surface area is 118 Å². The van der Waals surface area contributed by atoms with E-state index in [1.807, 2.05) is 18.4 Å². The number of unbranched alkanes of at least 4 members (excludes halogenated alkanes) is 1. The molecule has 1 aromatic heterocycles. The van der Waals surface area contributed by atoms with Gasteiger partial charge in [-0.05, 0) is 20.3 Å². The molecular formula is C12H24N4O2S. The number of anilines is 1. The zero-order valence-corrected chi connectivity index (χ0v) is 12.7. The molecule has 1 atom stereocenters. The lowest BCUT2D eigenvalue weighted by Gasteiger charge is -2.13. The van der Waals surface area contributed by atoms with Crippen LogP contribution in [0.4, 0.5) is 5.95 Å². The summed E-state index contributed by atoms with van der Waals surface area (Å²) in [6.07, 6.45) is 1.63. The SMILES string of the molecule is CCCCOCC(O)CSc1nnc(N)n1C(C)C. The molecule has 6 nitrogen and oxygen atoms in total. The zero-order valence-electron chi connectivity index (χ0n) is 11.9. The van der Waals surface area contributed by atoms with E-state index in [1.165, 1.54) is 11.8 Å². The number of hydrogen-bond donors (Lipinski definition) is 2. The van der Waals surface area contributed by atoms with Crippen LogP contribution in [0.25, 0.3) is 0 Å². The van der Waals surface area contributed by atoms with E-state index in [1.54, 1.807) is 0 Å². The van der Waals surface area contributed by atoms with Crippen LogP contribution in [0.1, 0.15) is 39.7 Å². The Bertz CT molecular complexity index is 371. The maximum absolute atomic E-state index is 9.81. The summed E-state index contributed by atoms with van der Waals surface area (Å²) in [5.74, 6) is 0.933. The Morgan fingerprint density at radius 3 is 2.79 bits per heavy atom. The number of nitrogens with zero attached hydrogens (tertiary/aromatic N) is 3. The summed E-state index contributed by atoms with van der Waals surface area (Å²) in [6.45, 7) is 7.21. The van der Waals surface area contributed by atoms with Crippen LogP contribution in [0, 0.1) is 0 Å². The Balaban J connectivity index is 2.36. The topological polar surface area (TPSA) is 86.2 Å². The molecule has 19 heavy (non-hydrogen) atoms. The largest absolute Gasteiger partial charge is 0.390 e. The van der Waals surface area contributed by atoms with E-state index in [0.717, 1.165) is 18.0 Å². The number of nitrogen functional groups attached to an aromatic ring is 1. The first-order valence-corrected chi connectivity index (χ1v) is 7.63. The van der Waals surface area contributed by atoms with E-state index in [9.17, 15) is 5.11 Å². The monoisotopic (exact) mass is 288 g/mol. The molecule has 0 spiro atoms. The van der Waals surface area contributed by atoms with Gasteiger partial charge in [-0.1, -0.05) is 25.1 Å². The van der Waals surface area contributed by atoms with Crippen LogP contribution in [0.2, 0.25) is 0 Å². The van der Waals surface area contributed by atoms with Crippen molar-refractivity contribution in [2.45, 2.75) is 50.9 Å². The van der Waals surface area contributed by atoms with E-state index in [-0.39, 0.29) is 6.04 Å². The highest BCUT2D eigenvalue weighted by atomic mass is 32.2. The second kappa shape index (κ2) is 8.39. The highest BCUT2D eigenvalue weighted by Crippen LogP contribution is 2.23. The average molecular weight is 288 g/mol. The molecule has 0 aromatic carbocycles. The second-order valence-corrected chi connectivity index (χ2v) is 5.68. The smallest absolute Gasteiger partial charge is 0.222 e. The fourth-order valence-electron chi connectivity index (χ4n) is 1.56. The molecule has 3 N–H and O–H groups in total. The second-order valence-electron chi connectivity index (χ2n) is 4.70. The fourth-order valence-corrected chi connectivity index (χ4v) is 2.54. The van der Waals surface area contributed by atoms with Gasteiger partial charge in [-0.2, -0.15) is 0 Å². The first kappa shape index (κ1) is 16.3. The van der Waals surface area contributed by atoms with Crippen molar-refractivity contribution in [2.75, 3.05) is 24.7 Å². The van der Waals surface area contributed by atoms with Gasteiger partial charge in [-0.15, -0.1) is 10.2 Å². The quantitative estimate of drug-likeness (QED) is 0.531. The van der Waals surface area contributed by atoms with Gasteiger partial charge < -0.3 is 15.6 Å². The highest BCUT2D eigenvalue weighted by Gasteiger charge is 2.14. The predicted octanol–water partition coefficient (Wildman–Crippen LogP) is 1.71. The Kier molecular flexibility index (Phi) is 7.19. The van der Waals surface area contributed by atoms with Crippen LogP contribution in [0.5, 0.6) is 0 Å². The van der Waals surface area contributed by atoms with Crippen molar-refractivity contribution in [3.63, 3.8) is 0 Å². The summed E-state index contributed by atoms with van der Waals surface area (Å²) in [6, 6.07) is 0.204. The van der Waals surface area contributed by atoms with Crippen molar-refractivity contribution in [3.05, 3.63) is 0 Å². The Morgan fingerprint density at radius 1 is 1.42 bits per heavy atom. The molecule has 0 saturated carbocycles. The molecule has 0 saturated heterocycles. The molecule has 0 radical (unpaired) electrons. The van der Waals surface area contributed by atoms with Crippen LogP contribution in [0.15, 0.2) is 5.16 Å². The number of rotatable bonds is 9. The normalized spacial score (nSPS) is 13.1. The van der Waals surface area contributed by atoms with E-state index in [4.69, 9.17) is 10.5 Å². The van der Waals surface area contributed by atoms with Crippen LogP contribution < -0.4 is 5.73 Å². The molecular weight excluding hydrogens is 264 g/mol. The third kappa shape index (κ3) is 5.38. The van der Waals surface area contributed by atoms with Gasteiger partial charge in [0, 0.05) is 18.4 Å². The molecule has 1 rings (SSSR count). The first-order valence-electron chi connectivity index (χ1n) is 6.65. The first-order chi connectivity index (χ1) is 9.06. The minimum atomic E-state index is -0.500. The van der Waals surface area contributed by atoms with Gasteiger partial charge in [-0.25, -0.2) is 0 Å². The fraction of sp³-hybridized carbons (Fsp3) is 0.833. The average Bonchev–Trinajstić information content (AvgIpc) is 2.73. The lowest BCUT2D eigenvalue weighted by atomic mass is 10.3. The van der Waals surface area contributed by atoms with Gasteiger partial charge in [0.2, 0.25) is 5.95 Å². The van der Waals surface area contributed by atoms with Gasteiger partial charge in [0.05, 0.1) is 12.7 Å². The van der Waals surface area contributed by atoms with Crippen molar-refractivity contribution >= 4 is 17.7 Å². The van der Waals surface area contributed by atoms with Crippen molar-refractivity contribution in [3.8, 4) is 0 Å². The van der Waals surface area contributed by atoms with Gasteiger partial charge in [0.25, 0.3) is 0 Å². The molecule has 0 aliphatic heterocycles. The molecule has 7 heteroatoms. The number of nitrogens with two attached hydrogens (primary N) is 1. The maximum atomic E-state index is 9.81. The van der Waals surface area contributed by atoms with Crippen molar-refractivity contribution < 1.29 is 9.84 Å². The lowest BCUT2D eigenvalue weighted by Crippen LogP contribution is -2.19. The number of thioether (sulfide) groups is 1. The summed E-state index contributed by atoms with van der Waals surface area (Å²) >= 11 is 1.45. The molecule has 0 aliphatic rings. The number of aliphatic hydroxyl groups excluding tert-OH is 1. The molecule has 0 fully saturated rings. The van der Waals surface area contributed by atoms with Crippen LogP contribution >= 0.6 is 11.8 Å². The Morgan fingerprint density at radius 2 is 2.16 bits per heavy atom. The Hall–Kier alpha value is -0.790. The highest BCUT2D eigenvalue weighted by molar-refractivity contribution is 7.99. The molecule has 0 amide bonds. The van der Waals surface area contributed by atoms with E-state index in [0.29, 0.717) is 24.9 Å².